The van der Waals surface area contributed by atoms with Crippen LogP contribution in [0, 0.1) is 17.5 Å². The van der Waals surface area contributed by atoms with Gasteiger partial charge in [0.05, 0.1) is 26.2 Å². The lowest BCUT2D eigenvalue weighted by molar-refractivity contribution is -0.121. The molecule has 1 aliphatic rings. The maximum absolute atomic E-state index is 13.9. The van der Waals surface area contributed by atoms with Crippen LogP contribution in [0.3, 0.4) is 0 Å². The number of rotatable bonds is 6. The van der Waals surface area contributed by atoms with Crippen LogP contribution in [0.4, 0.5) is 13.2 Å². The number of likely N-dealkylation sites (tertiary alicyclic amines) is 1. The van der Waals surface area contributed by atoms with Gasteiger partial charge in [0, 0.05) is 19.1 Å². The summed E-state index contributed by atoms with van der Waals surface area (Å²) in [5, 5.41) is 2.93. The Morgan fingerprint density at radius 3 is 2.32 bits per heavy atom. The number of amides is 2. The molecule has 2 aromatic carbocycles. The third kappa shape index (κ3) is 5.10. The summed E-state index contributed by atoms with van der Waals surface area (Å²) >= 11 is 0. The molecule has 1 saturated heterocycles. The number of benzene rings is 2. The highest BCUT2D eigenvalue weighted by molar-refractivity contribution is 5.94. The first-order chi connectivity index (χ1) is 14.8. The number of nitrogens with zero attached hydrogens (tertiary/aromatic N) is 1. The van der Waals surface area contributed by atoms with Crippen molar-refractivity contribution in [2.75, 3.05) is 27.3 Å². The van der Waals surface area contributed by atoms with E-state index in [1.165, 1.54) is 19.1 Å². The van der Waals surface area contributed by atoms with Gasteiger partial charge in [-0.3, -0.25) is 9.59 Å². The first-order valence-corrected chi connectivity index (χ1v) is 9.77. The number of methoxy groups -OCH3 is 2. The lowest BCUT2D eigenvalue weighted by Crippen LogP contribution is -2.47. The standard InChI is InChI=1S/C22H23F3N2O4/c1-30-17-6-3-13(11-18(17)31-2)12-19(28)26-14-7-9-27(10-8-14)22(29)15-4-5-16(23)21(25)20(15)24/h3-6,11,14H,7-10,12H2,1-2H3,(H,26,28). The van der Waals surface area contributed by atoms with Gasteiger partial charge in [-0.05, 0) is 42.7 Å². The minimum Gasteiger partial charge on any atom is -0.493 e. The quantitative estimate of drug-likeness (QED) is 0.707. The second-order valence-corrected chi connectivity index (χ2v) is 7.22. The molecule has 1 aliphatic heterocycles. The number of carbonyl (C=O) groups excluding carboxylic acids is 2. The van der Waals surface area contributed by atoms with Gasteiger partial charge >= 0.3 is 0 Å². The Morgan fingerprint density at radius 1 is 1.00 bits per heavy atom. The topological polar surface area (TPSA) is 67.9 Å². The molecule has 0 saturated carbocycles. The monoisotopic (exact) mass is 436 g/mol. The summed E-state index contributed by atoms with van der Waals surface area (Å²) in [7, 11) is 3.05. The highest BCUT2D eigenvalue weighted by Crippen LogP contribution is 2.27. The fraction of sp³-hybridized carbons (Fsp3) is 0.364. The first-order valence-electron chi connectivity index (χ1n) is 9.77. The highest BCUT2D eigenvalue weighted by atomic mass is 19.2. The van der Waals surface area contributed by atoms with E-state index in [2.05, 4.69) is 5.32 Å². The number of hydrogen-bond donors (Lipinski definition) is 1. The molecule has 2 amide bonds. The van der Waals surface area contributed by atoms with Crippen LogP contribution in [-0.2, 0) is 11.2 Å². The van der Waals surface area contributed by atoms with Crippen LogP contribution in [0.1, 0.15) is 28.8 Å². The van der Waals surface area contributed by atoms with Crippen molar-refractivity contribution >= 4 is 11.8 Å². The average Bonchev–Trinajstić information content (AvgIpc) is 2.77. The molecule has 0 unspecified atom stereocenters. The van der Waals surface area contributed by atoms with E-state index in [1.807, 2.05) is 0 Å². The smallest absolute Gasteiger partial charge is 0.256 e. The van der Waals surface area contributed by atoms with Crippen molar-refractivity contribution in [2.24, 2.45) is 0 Å². The van der Waals surface area contributed by atoms with E-state index in [1.54, 1.807) is 18.2 Å². The van der Waals surface area contributed by atoms with Gasteiger partial charge in [-0.15, -0.1) is 0 Å². The van der Waals surface area contributed by atoms with Gasteiger partial charge in [-0.25, -0.2) is 13.2 Å². The van der Waals surface area contributed by atoms with E-state index in [9.17, 15) is 22.8 Å². The summed E-state index contributed by atoms with van der Waals surface area (Å²) in [4.78, 5) is 26.2. The lowest BCUT2D eigenvalue weighted by atomic mass is 10.0. The van der Waals surface area contributed by atoms with Crippen molar-refractivity contribution in [3.8, 4) is 11.5 Å². The second-order valence-electron chi connectivity index (χ2n) is 7.22. The molecule has 166 valence electrons. The van der Waals surface area contributed by atoms with E-state index in [-0.39, 0.29) is 31.5 Å². The predicted molar refractivity (Wildman–Crippen MR) is 107 cm³/mol. The Hall–Kier alpha value is -3.23. The molecule has 1 N–H and O–H groups in total. The molecule has 0 atom stereocenters. The summed E-state index contributed by atoms with van der Waals surface area (Å²) in [5.41, 5.74) is 0.256. The Bertz CT molecular complexity index is 975. The molecule has 0 radical (unpaired) electrons. The zero-order valence-corrected chi connectivity index (χ0v) is 17.2. The largest absolute Gasteiger partial charge is 0.493 e. The van der Waals surface area contributed by atoms with Gasteiger partial charge in [-0.1, -0.05) is 6.07 Å². The van der Waals surface area contributed by atoms with Crippen molar-refractivity contribution in [3.63, 3.8) is 0 Å². The molecular formula is C22H23F3N2O4. The molecule has 0 aromatic heterocycles. The molecule has 31 heavy (non-hydrogen) atoms. The van der Waals surface area contributed by atoms with Gasteiger partial charge in [0.15, 0.2) is 29.0 Å². The van der Waals surface area contributed by atoms with Crippen LogP contribution in [0.2, 0.25) is 0 Å². The maximum atomic E-state index is 13.9. The molecule has 0 spiro atoms. The number of ether oxygens (including phenoxy) is 2. The average molecular weight is 436 g/mol. The first kappa shape index (κ1) is 22.5. The Kier molecular flexibility index (Phi) is 7.04. The van der Waals surface area contributed by atoms with Crippen molar-refractivity contribution < 1.29 is 32.2 Å². The normalized spacial score (nSPS) is 14.3. The van der Waals surface area contributed by atoms with Crippen LogP contribution in [0.15, 0.2) is 30.3 Å². The Balaban J connectivity index is 1.54. The molecule has 6 nitrogen and oxygen atoms in total. The number of carbonyl (C=O) groups is 2. The summed E-state index contributed by atoms with van der Waals surface area (Å²) in [6.07, 6.45) is 1.09. The summed E-state index contributed by atoms with van der Waals surface area (Å²) in [6.45, 7) is 0.525. The van der Waals surface area contributed by atoms with Crippen LogP contribution in [0.25, 0.3) is 0 Å². The summed E-state index contributed by atoms with van der Waals surface area (Å²) in [6, 6.07) is 6.75. The zero-order valence-electron chi connectivity index (χ0n) is 17.2. The van der Waals surface area contributed by atoms with Crippen LogP contribution in [-0.4, -0.2) is 50.1 Å². The number of nitrogens with one attached hydrogen (secondary N) is 1. The molecule has 0 bridgehead atoms. The predicted octanol–water partition coefficient (Wildman–Crippen LogP) is 3.08. The van der Waals surface area contributed by atoms with Gasteiger partial charge in [-0.2, -0.15) is 0 Å². The zero-order chi connectivity index (χ0) is 22.5. The van der Waals surface area contributed by atoms with Crippen molar-refractivity contribution in [2.45, 2.75) is 25.3 Å². The number of halogens is 3. The SMILES string of the molecule is COc1ccc(CC(=O)NC2CCN(C(=O)c3ccc(F)c(F)c3F)CC2)cc1OC. The van der Waals surface area contributed by atoms with Crippen molar-refractivity contribution in [1.29, 1.82) is 0 Å². The molecule has 9 heteroatoms. The van der Waals surface area contributed by atoms with E-state index < -0.39 is 28.9 Å². The van der Waals surface area contributed by atoms with Crippen LogP contribution in [0.5, 0.6) is 11.5 Å². The maximum Gasteiger partial charge on any atom is 0.256 e. The van der Waals surface area contributed by atoms with E-state index >= 15 is 0 Å². The third-order valence-electron chi connectivity index (χ3n) is 5.23. The molecular weight excluding hydrogens is 413 g/mol. The molecule has 2 aromatic rings. The van der Waals surface area contributed by atoms with E-state index in [0.29, 0.717) is 24.3 Å². The third-order valence-corrected chi connectivity index (χ3v) is 5.23. The number of piperidine rings is 1. The fourth-order valence-electron chi connectivity index (χ4n) is 3.54. The minimum atomic E-state index is -1.66. The molecule has 1 heterocycles. The molecule has 3 rings (SSSR count). The van der Waals surface area contributed by atoms with Crippen LogP contribution < -0.4 is 14.8 Å². The molecule has 0 aliphatic carbocycles. The molecule has 1 fully saturated rings. The van der Waals surface area contributed by atoms with Gasteiger partial charge < -0.3 is 19.7 Å². The highest BCUT2D eigenvalue weighted by Gasteiger charge is 2.28. The van der Waals surface area contributed by atoms with Gasteiger partial charge in [0.1, 0.15) is 0 Å². The fourth-order valence-corrected chi connectivity index (χ4v) is 3.54. The Morgan fingerprint density at radius 2 is 1.68 bits per heavy atom. The van der Waals surface area contributed by atoms with E-state index in [4.69, 9.17) is 9.47 Å². The number of hydrogen-bond acceptors (Lipinski definition) is 4. The second kappa shape index (κ2) is 9.72. The Labute approximate surface area is 177 Å². The summed E-state index contributed by atoms with van der Waals surface area (Å²) in [5.74, 6) is -4.27. The van der Waals surface area contributed by atoms with E-state index in [0.717, 1.165) is 17.7 Å². The van der Waals surface area contributed by atoms with Crippen molar-refractivity contribution in [3.05, 3.63) is 58.9 Å². The minimum absolute atomic E-state index is 0.147. The van der Waals surface area contributed by atoms with Gasteiger partial charge in [0.25, 0.3) is 5.91 Å². The van der Waals surface area contributed by atoms with Crippen molar-refractivity contribution in [1.82, 2.24) is 10.2 Å². The lowest BCUT2D eigenvalue weighted by Gasteiger charge is -2.32. The summed E-state index contributed by atoms with van der Waals surface area (Å²) < 4.78 is 50.8. The van der Waals surface area contributed by atoms with Crippen LogP contribution >= 0.6 is 0 Å². The van der Waals surface area contributed by atoms with Gasteiger partial charge in [0.2, 0.25) is 5.91 Å².